The Hall–Kier alpha value is -2.65. The highest BCUT2D eigenvalue weighted by atomic mass is 79.9. The van der Waals surface area contributed by atoms with Gasteiger partial charge in [0, 0.05) is 20.1 Å². The number of methoxy groups -OCH3 is 2. The highest BCUT2D eigenvalue weighted by molar-refractivity contribution is 9.10. The highest BCUT2D eigenvalue weighted by Crippen LogP contribution is 2.41. The van der Waals surface area contributed by atoms with Crippen molar-refractivity contribution >= 4 is 73.8 Å². The molecule has 1 aliphatic rings. The Bertz CT molecular complexity index is 1350. The second-order valence-electron chi connectivity index (χ2n) is 7.24. The molecule has 6 nitrogen and oxygen atoms in total. The van der Waals surface area contributed by atoms with Gasteiger partial charge in [-0.1, -0.05) is 57.3 Å². The fourth-order valence-electron chi connectivity index (χ4n) is 3.36. The van der Waals surface area contributed by atoms with Crippen LogP contribution in [-0.4, -0.2) is 25.4 Å². The van der Waals surface area contributed by atoms with Crippen molar-refractivity contribution in [1.82, 2.24) is 0 Å². The first-order chi connectivity index (χ1) is 16.8. The first-order valence-corrected chi connectivity index (χ1v) is 12.5. The predicted molar refractivity (Wildman–Crippen MR) is 143 cm³/mol. The molecule has 0 spiro atoms. The number of ether oxygens (including phenoxy) is 3. The summed E-state index contributed by atoms with van der Waals surface area (Å²) in [5, 5.41) is 0.630. The van der Waals surface area contributed by atoms with Crippen LogP contribution in [-0.2, 0) is 11.4 Å². The van der Waals surface area contributed by atoms with Crippen LogP contribution < -0.4 is 19.1 Å². The number of hydrogen-bond donors (Lipinski definition) is 0. The summed E-state index contributed by atoms with van der Waals surface area (Å²) in [6, 6.07) is 15.5. The van der Waals surface area contributed by atoms with Gasteiger partial charge in [0.25, 0.3) is 11.1 Å². The van der Waals surface area contributed by atoms with Crippen molar-refractivity contribution in [2.24, 2.45) is 0 Å². The molecule has 3 aromatic carbocycles. The van der Waals surface area contributed by atoms with Crippen LogP contribution in [0.15, 0.2) is 64.0 Å². The first-order valence-electron chi connectivity index (χ1n) is 10.2. The number of thioether (sulfide) groups is 1. The van der Waals surface area contributed by atoms with Gasteiger partial charge >= 0.3 is 0 Å². The minimum Gasteiger partial charge on any atom is -0.495 e. The summed E-state index contributed by atoms with van der Waals surface area (Å²) in [7, 11) is 3.01. The molecule has 0 bridgehead atoms. The summed E-state index contributed by atoms with van der Waals surface area (Å²) in [6.07, 6.45) is 1.63. The minimum absolute atomic E-state index is 0.204. The number of nitrogens with zero attached hydrogens (tertiary/aromatic N) is 1. The van der Waals surface area contributed by atoms with Gasteiger partial charge in [-0.2, -0.15) is 0 Å². The topological polar surface area (TPSA) is 65.1 Å². The maximum Gasteiger partial charge on any atom is 0.298 e. The van der Waals surface area contributed by atoms with Crippen LogP contribution in [0, 0.1) is 0 Å². The molecule has 0 unspecified atom stereocenters. The molecule has 0 radical (unpaired) electrons. The smallest absolute Gasteiger partial charge is 0.298 e. The summed E-state index contributed by atoms with van der Waals surface area (Å²) >= 11 is 16.6. The Labute approximate surface area is 224 Å². The Kier molecular flexibility index (Phi) is 7.96. The number of imide groups is 1. The van der Waals surface area contributed by atoms with E-state index in [1.165, 1.54) is 14.2 Å². The minimum atomic E-state index is -0.437. The number of carbonyl (C=O) groups is 2. The molecule has 0 atom stereocenters. The third-order valence-corrected chi connectivity index (χ3v) is 7.23. The summed E-state index contributed by atoms with van der Waals surface area (Å²) in [5.41, 5.74) is 1.80. The van der Waals surface area contributed by atoms with E-state index in [4.69, 9.17) is 37.4 Å². The average Bonchev–Trinajstić information content (AvgIpc) is 3.12. The second kappa shape index (κ2) is 11.0. The molecule has 1 heterocycles. The quantitative estimate of drug-likeness (QED) is 0.263. The number of rotatable bonds is 7. The van der Waals surface area contributed by atoms with Crippen molar-refractivity contribution in [3.05, 3.63) is 85.1 Å². The Morgan fingerprint density at radius 1 is 0.971 bits per heavy atom. The van der Waals surface area contributed by atoms with Crippen LogP contribution in [0.3, 0.4) is 0 Å². The maximum atomic E-state index is 13.1. The third-order valence-electron chi connectivity index (χ3n) is 5.09. The zero-order valence-corrected chi connectivity index (χ0v) is 22.4. The largest absolute Gasteiger partial charge is 0.495 e. The van der Waals surface area contributed by atoms with Gasteiger partial charge < -0.3 is 14.2 Å². The van der Waals surface area contributed by atoms with Crippen molar-refractivity contribution in [1.29, 1.82) is 0 Å². The first kappa shape index (κ1) is 25.4. The molecule has 180 valence electrons. The van der Waals surface area contributed by atoms with Gasteiger partial charge in [-0.15, -0.1) is 0 Å². The van der Waals surface area contributed by atoms with E-state index >= 15 is 0 Å². The van der Waals surface area contributed by atoms with E-state index in [2.05, 4.69) is 15.9 Å². The van der Waals surface area contributed by atoms with E-state index in [1.807, 2.05) is 0 Å². The van der Waals surface area contributed by atoms with E-state index in [0.717, 1.165) is 22.2 Å². The van der Waals surface area contributed by atoms with Gasteiger partial charge in [0.05, 0.1) is 24.8 Å². The summed E-state index contributed by atoms with van der Waals surface area (Å²) in [6.45, 7) is 0.204. The van der Waals surface area contributed by atoms with E-state index in [1.54, 1.807) is 60.7 Å². The number of para-hydroxylation sites is 2. The van der Waals surface area contributed by atoms with E-state index in [0.29, 0.717) is 43.0 Å². The molecule has 1 fully saturated rings. The number of halogens is 3. The normalized spacial score (nSPS) is 14.5. The molecule has 2 amide bonds. The predicted octanol–water partition coefficient (Wildman–Crippen LogP) is 7.59. The van der Waals surface area contributed by atoms with Crippen LogP contribution in [0.5, 0.6) is 17.2 Å². The molecular formula is C25H18BrCl2NO5S. The van der Waals surface area contributed by atoms with Crippen LogP contribution >= 0.6 is 50.9 Å². The molecule has 0 aliphatic carbocycles. The molecule has 1 saturated heterocycles. The van der Waals surface area contributed by atoms with Gasteiger partial charge in [0.1, 0.15) is 12.4 Å². The molecule has 0 saturated carbocycles. The van der Waals surface area contributed by atoms with Crippen LogP contribution in [0.4, 0.5) is 10.5 Å². The number of hydrogen-bond acceptors (Lipinski definition) is 6. The second-order valence-corrected chi connectivity index (χ2v) is 9.93. The fourth-order valence-corrected chi connectivity index (χ4v) is 5.08. The van der Waals surface area contributed by atoms with Crippen LogP contribution in [0.25, 0.3) is 6.08 Å². The monoisotopic (exact) mass is 593 g/mol. The molecule has 10 heteroatoms. The molecule has 4 rings (SSSR count). The lowest BCUT2D eigenvalue weighted by Crippen LogP contribution is -2.28. The summed E-state index contributed by atoms with van der Waals surface area (Å²) < 4.78 is 17.4. The van der Waals surface area contributed by atoms with E-state index in [-0.39, 0.29) is 11.5 Å². The SMILES string of the molecule is COc1cc(/C=C2\SC(=O)N(c3ccccc3OC)C2=O)c(Br)cc1OCc1ccc(Cl)cc1Cl. The van der Waals surface area contributed by atoms with Crippen LogP contribution in [0.1, 0.15) is 11.1 Å². The summed E-state index contributed by atoms with van der Waals surface area (Å²) in [5.74, 6) is 0.924. The zero-order chi connectivity index (χ0) is 25.1. The molecule has 1 aliphatic heterocycles. The molecular weight excluding hydrogens is 577 g/mol. The van der Waals surface area contributed by atoms with Crippen molar-refractivity contribution in [3.63, 3.8) is 0 Å². The Morgan fingerprint density at radius 2 is 1.71 bits per heavy atom. The van der Waals surface area contributed by atoms with Gasteiger partial charge in [-0.25, -0.2) is 4.90 Å². The highest BCUT2D eigenvalue weighted by Gasteiger charge is 2.37. The van der Waals surface area contributed by atoms with Gasteiger partial charge in [0.15, 0.2) is 11.5 Å². The fraction of sp³-hybridized carbons (Fsp3) is 0.120. The third kappa shape index (κ3) is 5.46. The Morgan fingerprint density at radius 3 is 2.43 bits per heavy atom. The molecule has 35 heavy (non-hydrogen) atoms. The Balaban J connectivity index is 1.60. The van der Waals surface area contributed by atoms with E-state index < -0.39 is 11.1 Å². The lowest BCUT2D eigenvalue weighted by Gasteiger charge is -2.16. The van der Waals surface area contributed by atoms with Gasteiger partial charge in [-0.05, 0) is 59.8 Å². The lowest BCUT2D eigenvalue weighted by molar-refractivity contribution is -0.113. The number of benzene rings is 3. The standard InChI is InChI=1S/C25H18BrCl2NO5S/c1-32-20-6-4-3-5-19(20)29-24(30)23(35-25(29)31)10-15-9-21(33-2)22(12-17(15)26)34-13-14-7-8-16(27)11-18(14)28/h3-12H,13H2,1-2H3/b23-10-. The number of amides is 2. The van der Waals surface area contributed by atoms with Crippen LogP contribution in [0.2, 0.25) is 10.0 Å². The number of carbonyl (C=O) groups excluding carboxylic acids is 2. The average molecular weight is 595 g/mol. The van der Waals surface area contributed by atoms with Crippen molar-refractivity contribution in [2.75, 3.05) is 19.1 Å². The van der Waals surface area contributed by atoms with Crippen molar-refractivity contribution in [3.8, 4) is 17.2 Å². The number of anilines is 1. The molecule has 0 N–H and O–H groups in total. The van der Waals surface area contributed by atoms with Gasteiger partial charge in [0.2, 0.25) is 0 Å². The van der Waals surface area contributed by atoms with E-state index in [9.17, 15) is 9.59 Å². The molecule has 3 aromatic rings. The van der Waals surface area contributed by atoms with Crippen molar-refractivity contribution in [2.45, 2.75) is 6.61 Å². The van der Waals surface area contributed by atoms with Gasteiger partial charge in [-0.3, -0.25) is 9.59 Å². The molecule has 0 aromatic heterocycles. The maximum absolute atomic E-state index is 13.1. The van der Waals surface area contributed by atoms with Crippen molar-refractivity contribution < 1.29 is 23.8 Å². The zero-order valence-electron chi connectivity index (χ0n) is 18.5. The lowest BCUT2D eigenvalue weighted by atomic mass is 10.1. The summed E-state index contributed by atoms with van der Waals surface area (Å²) in [4.78, 5) is 27.2.